The van der Waals surface area contributed by atoms with Gasteiger partial charge in [0.15, 0.2) is 0 Å². The Labute approximate surface area is 270 Å². The predicted molar refractivity (Wildman–Crippen MR) is 188 cm³/mol. The lowest BCUT2D eigenvalue weighted by Gasteiger charge is -2.07. The van der Waals surface area contributed by atoms with E-state index in [9.17, 15) is 9.59 Å². The molecular weight excluding hydrogens is 532 g/mol. The topological polar surface area (TPSA) is 63.6 Å². The highest BCUT2D eigenvalue weighted by atomic mass is 16.5. The summed E-state index contributed by atoms with van der Waals surface area (Å²) in [4.78, 5) is 21.7. The third-order valence-electron chi connectivity index (χ3n) is 8.35. The van der Waals surface area contributed by atoms with Gasteiger partial charge < -0.3 is 9.84 Å². The molecule has 1 N–H and O–H groups in total. The fourth-order valence-electron chi connectivity index (χ4n) is 5.61. The van der Waals surface area contributed by atoms with Crippen molar-refractivity contribution in [3.05, 3.63) is 0 Å². The minimum atomic E-state index is -0.653. The molecule has 258 valence electrons. The standard InChI is InChI=1S/C21H42O2.C18H36O2/c1-4-5-6-7-8-9-10-11-12-13-14-15-16-17-18-19-21(22)23-20(2)3;1-2-3-4-5-6-7-8-9-10-11-12-13-14-15-16-17-18(19)20/h20H,4-19H2,1-3H3;2-17H2,1H3,(H,19,20). The number of hydrogen-bond acceptors (Lipinski definition) is 3. The van der Waals surface area contributed by atoms with Crippen molar-refractivity contribution in [3.63, 3.8) is 0 Å². The minimum Gasteiger partial charge on any atom is -0.481 e. The van der Waals surface area contributed by atoms with E-state index in [1.807, 2.05) is 13.8 Å². The van der Waals surface area contributed by atoms with Gasteiger partial charge in [-0.2, -0.15) is 0 Å². The van der Waals surface area contributed by atoms with Gasteiger partial charge in [-0.25, -0.2) is 0 Å². The van der Waals surface area contributed by atoms with Crippen molar-refractivity contribution in [2.45, 2.75) is 239 Å². The van der Waals surface area contributed by atoms with Crippen LogP contribution in [0.3, 0.4) is 0 Å². The number of rotatable bonds is 33. The smallest absolute Gasteiger partial charge is 0.306 e. The quantitative estimate of drug-likeness (QED) is 0.0593. The van der Waals surface area contributed by atoms with Crippen LogP contribution in [0.4, 0.5) is 0 Å². The molecule has 0 aliphatic heterocycles. The summed E-state index contributed by atoms with van der Waals surface area (Å²) in [5, 5.41) is 8.52. The third kappa shape index (κ3) is 45.5. The summed E-state index contributed by atoms with van der Waals surface area (Å²) in [5.41, 5.74) is 0. The van der Waals surface area contributed by atoms with Crippen LogP contribution in [0.1, 0.15) is 233 Å². The third-order valence-corrected chi connectivity index (χ3v) is 8.35. The second-order valence-corrected chi connectivity index (χ2v) is 13.3. The Morgan fingerprint density at radius 2 is 0.651 bits per heavy atom. The van der Waals surface area contributed by atoms with E-state index in [0.29, 0.717) is 12.8 Å². The molecule has 0 saturated carbocycles. The Balaban J connectivity index is 0. The molecule has 0 aromatic carbocycles. The van der Waals surface area contributed by atoms with Crippen LogP contribution in [0.15, 0.2) is 0 Å². The molecule has 0 rings (SSSR count). The molecule has 0 aliphatic carbocycles. The summed E-state index contributed by atoms with van der Waals surface area (Å²) >= 11 is 0. The van der Waals surface area contributed by atoms with Gasteiger partial charge in [0.05, 0.1) is 6.10 Å². The first-order valence-corrected chi connectivity index (χ1v) is 19.3. The van der Waals surface area contributed by atoms with Gasteiger partial charge in [0, 0.05) is 12.8 Å². The number of esters is 1. The molecule has 0 atom stereocenters. The van der Waals surface area contributed by atoms with Crippen LogP contribution in [-0.4, -0.2) is 23.1 Å². The highest BCUT2D eigenvalue weighted by Crippen LogP contribution is 2.15. The maximum Gasteiger partial charge on any atom is 0.306 e. The van der Waals surface area contributed by atoms with Crippen molar-refractivity contribution in [2.24, 2.45) is 0 Å². The first-order valence-electron chi connectivity index (χ1n) is 19.3. The Bertz CT molecular complexity index is 545. The lowest BCUT2D eigenvalue weighted by Crippen LogP contribution is -2.10. The van der Waals surface area contributed by atoms with Crippen LogP contribution in [0, 0.1) is 0 Å². The first kappa shape index (κ1) is 44.1. The molecule has 0 heterocycles. The van der Waals surface area contributed by atoms with Crippen LogP contribution in [0.25, 0.3) is 0 Å². The van der Waals surface area contributed by atoms with Crippen molar-refractivity contribution in [2.75, 3.05) is 0 Å². The van der Waals surface area contributed by atoms with E-state index >= 15 is 0 Å². The lowest BCUT2D eigenvalue weighted by molar-refractivity contribution is -0.147. The van der Waals surface area contributed by atoms with Crippen LogP contribution in [0.5, 0.6) is 0 Å². The van der Waals surface area contributed by atoms with Crippen molar-refractivity contribution in [3.8, 4) is 0 Å². The maximum absolute atomic E-state index is 11.4. The van der Waals surface area contributed by atoms with E-state index in [1.165, 1.54) is 173 Å². The molecule has 0 aliphatic rings. The summed E-state index contributed by atoms with van der Waals surface area (Å²) in [5.74, 6) is -0.686. The zero-order chi connectivity index (χ0) is 32.1. The number of carboxylic acid groups (broad SMARTS) is 1. The number of hydrogen-bond donors (Lipinski definition) is 1. The van der Waals surface area contributed by atoms with Crippen LogP contribution in [0.2, 0.25) is 0 Å². The number of aliphatic carboxylic acids is 1. The fourth-order valence-corrected chi connectivity index (χ4v) is 5.61. The van der Waals surface area contributed by atoms with Gasteiger partial charge in [0.1, 0.15) is 0 Å². The van der Waals surface area contributed by atoms with Crippen LogP contribution < -0.4 is 0 Å². The monoisotopic (exact) mass is 611 g/mol. The summed E-state index contributed by atoms with van der Waals surface area (Å²) in [7, 11) is 0. The molecular formula is C39H78O4. The van der Waals surface area contributed by atoms with Crippen LogP contribution >= 0.6 is 0 Å². The maximum atomic E-state index is 11.4. The molecule has 0 aromatic rings. The van der Waals surface area contributed by atoms with E-state index in [2.05, 4.69) is 13.8 Å². The number of carbonyl (C=O) groups excluding carboxylic acids is 1. The molecule has 0 bridgehead atoms. The number of carboxylic acids is 1. The molecule has 0 saturated heterocycles. The molecule has 4 heteroatoms. The summed E-state index contributed by atoms with van der Waals surface area (Å²) in [6, 6.07) is 0. The Hall–Kier alpha value is -1.06. The molecule has 4 nitrogen and oxygen atoms in total. The zero-order valence-electron chi connectivity index (χ0n) is 29.9. The number of ether oxygens (including phenoxy) is 1. The van der Waals surface area contributed by atoms with Gasteiger partial charge in [-0.15, -0.1) is 0 Å². The molecule has 0 radical (unpaired) electrons. The molecule has 0 amide bonds. The van der Waals surface area contributed by atoms with Gasteiger partial charge in [0.25, 0.3) is 0 Å². The average Bonchev–Trinajstić information content (AvgIpc) is 2.97. The van der Waals surface area contributed by atoms with Gasteiger partial charge in [0.2, 0.25) is 0 Å². The second-order valence-electron chi connectivity index (χ2n) is 13.3. The van der Waals surface area contributed by atoms with E-state index < -0.39 is 5.97 Å². The number of unbranched alkanes of at least 4 members (excludes halogenated alkanes) is 28. The molecule has 0 fully saturated rings. The summed E-state index contributed by atoms with van der Waals surface area (Å²) in [6.07, 6.45) is 41.1. The predicted octanol–water partition coefficient (Wildman–Crippen LogP) is 13.5. The van der Waals surface area contributed by atoms with E-state index in [0.717, 1.165) is 19.3 Å². The van der Waals surface area contributed by atoms with Gasteiger partial charge in [-0.1, -0.05) is 194 Å². The Kier molecular flexibility index (Phi) is 39.9. The SMILES string of the molecule is CCCCCCCCCCCCCCCCCC(=O)O.CCCCCCCCCCCCCCCCCC(=O)OC(C)C. The van der Waals surface area contributed by atoms with E-state index in [-0.39, 0.29) is 12.1 Å². The van der Waals surface area contributed by atoms with Gasteiger partial charge >= 0.3 is 11.9 Å². The highest BCUT2D eigenvalue weighted by Gasteiger charge is 2.04. The zero-order valence-corrected chi connectivity index (χ0v) is 29.9. The van der Waals surface area contributed by atoms with Crippen molar-refractivity contribution < 1.29 is 19.4 Å². The molecule has 43 heavy (non-hydrogen) atoms. The molecule has 0 spiro atoms. The normalized spacial score (nSPS) is 11.0. The summed E-state index contributed by atoms with van der Waals surface area (Å²) < 4.78 is 5.13. The van der Waals surface area contributed by atoms with E-state index in [4.69, 9.17) is 9.84 Å². The van der Waals surface area contributed by atoms with Crippen molar-refractivity contribution in [1.82, 2.24) is 0 Å². The summed E-state index contributed by atoms with van der Waals surface area (Å²) in [6.45, 7) is 8.36. The van der Waals surface area contributed by atoms with Gasteiger partial charge in [-0.3, -0.25) is 9.59 Å². The second kappa shape index (κ2) is 39.0. The van der Waals surface area contributed by atoms with Crippen LogP contribution in [-0.2, 0) is 14.3 Å². The fraction of sp³-hybridized carbons (Fsp3) is 0.949. The van der Waals surface area contributed by atoms with Crippen molar-refractivity contribution >= 4 is 11.9 Å². The molecule has 0 unspecified atom stereocenters. The Morgan fingerprint density at radius 3 is 0.884 bits per heavy atom. The minimum absolute atomic E-state index is 0.0267. The average molecular weight is 611 g/mol. The Morgan fingerprint density at radius 1 is 0.419 bits per heavy atom. The van der Waals surface area contributed by atoms with Crippen molar-refractivity contribution in [1.29, 1.82) is 0 Å². The van der Waals surface area contributed by atoms with Gasteiger partial charge in [-0.05, 0) is 26.7 Å². The lowest BCUT2D eigenvalue weighted by atomic mass is 10.0. The van der Waals surface area contributed by atoms with E-state index in [1.54, 1.807) is 0 Å². The number of carbonyl (C=O) groups is 2. The first-order chi connectivity index (χ1) is 20.9. The largest absolute Gasteiger partial charge is 0.481 e. The highest BCUT2D eigenvalue weighted by molar-refractivity contribution is 5.69. The molecule has 0 aromatic heterocycles.